The van der Waals surface area contributed by atoms with Crippen molar-refractivity contribution in [1.29, 1.82) is 0 Å². The molecule has 0 fully saturated rings. The third-order valence-electron chi connectivity index (χ3n) is 3.11. The lowest BCUT2D eigenvalue weighted by Gasteiger charge is -2.37. The van der Waals surface area contributed by atoms with E-state index in [0.29, 0.717) is 5.41 Å². The van der Waals surface area contributed by atoms with Crippen molar-refractivity contribution >= 4 is 22.6 Å². The van der Waals surface area contributed by atoms with E-state index in [0.717, 1.165) is 10.3 Å². The van der Waals surface area contributed by atoms with Gasteiger partial charge in [0.05, 0.1) is 0 Å². The minimum atomic E-state index is 0.415. The van der Waals surface area contributed by atoms with Crippen molar-refractivity contribution in [2.75, 3.05) is 4.43 Å². The maximum Gasteiger partial charge on any atom is 0.0176 e. The van der Waals surface area contributed by atoms with E-state index in [4.69, 9.17) is 0 Å². The van der Waals surface area contributed by atoms with Gasteiger partial charge in [-0.25, -0.2) is 0 Å². The Morgan fingerprint density at radius 3 is 2.69 bits per heavy atom. The second-order valence-electron chi connectivity index (χ2n) is 4.32. The Labute approximate surface area is 95.6 Å². The van der Waals surface area contributed by atoms with E-state index in [-0.39, 0.29) is 0 Å². The summed E-state index contributed by atoms with van der Waals surface area (Å²) in [4.78, 5) is 0. The summed E-state index contributed by atoms with van der Waals surface area (Å²) in [6.07, 6.45) is 9.56. The van der Waals surface area contributed by atoms with E-state index in [9.17, 15) is 0 Å². The zero-order chi connectivity index (χ0) is 9.90. The van der Waals surface area contributed by atoms with Gasteiger partial charge in [0.15, 0.2) is 0 Å². The minimum absolute atomic E-state index is 0.415. The second-order valence-corrected chi connectivity index (χ2v) is 5.20. The smallest absolute Gasteiger partial charge is 0.0176 e. The summed E-state index contributed by atoms with van der Waals surface area (Å²) in [6, 6.07) is 0. The Morgan fingerprint density at radius 2 is 2.31 bits per heavy atom. The predicted molar refractivity (Wildman–Crippen MR) is 68.3 cm³/mol. The summed E-state index contributed by atoms with van der Waals surface area (Å²) in [7, 11) is 0. The predicted octanol–water partition coefficient (Wildman–Crippen LogP) is 4.36. The zero-order valence-corrected chi connectivity index (χ0v) is 11.0. The highest BCUT2D eigenvalue weighted by atomic mass is 127. The molecule has 0 saturated heterocycles. The van der Waals surface area contributed by atoms with Crippen LogP contribution in [0.5, 0.6) is 0 Å². The maximum absolute atomic E-state index is 2.41. The molecule has 0 heterocycles. The molecule has 1 heteroatoms. The fourth-order valence-electron chi connectivity index (χ4n) is 1.75. The molecule has 0 saturated carbocycles. The first-order valence-corrected chi connectivity index (χ1v) is 6.57. The van der Waals surface area contributed by atoms with Gasteiger partial charge in [-0.1, -0.05) is 67.2 Å². The lowest BCUT2D eigenvalue weighted by molar-refractivity contribution is 0.369. The molecule has 1 rings (SSSR count). The molecule has 0 bridgehead atoms. The van der Waals surface area contributed by atoms with Crippen molar-refractivity contribution in [2.24, 2.45) is 11.3 Å². The number of hydrogen-bond donors (Lipinski definition) is 0. The summed E-state index contributed by atoms with van der Waals surface area (Å²) in [6.45, 7) is 6.98. The molecule has 0 radical (unpaired) electrons. The molecule has 1 aliphatic rings. The van der Waals surface area contributed by atoms with Crippen LogP contribution >= 0.6 is 22.6 Å². The van der Waals surface area contributed by atoms with Gasteiger partial charge in [0.1, 0.15) is 0 Å². The first-order valence-electron chi connectivity index (χ1n) is 5.05. The van der Waals surface area contributed by atoms with Crippen LogP contribution in [0.2, 0.25) is 0 Å². The van der Waals surface area contributed by atoms with Gasteiger partial charge in [-0.05, 0) is 18.3 Å². The van der Waals surface area contributed by atoms with Gasteiger partial charge in [0.2, 0.25) is 0 Å². The van der Waals surface area contributed by atoms with E-state index < -0.39 is 0 Å². The van der Waals surface area contributed by atoms with Gasteiger partial charge >= 0.3 is 0 Å². The molecule has 0 amide bonds. The molecule has 0 aliphatic heterocycles. The maximum atomic E-state index is 2.41. The third-order valence-corrected chi connectivity index (χ3v) is 3.62. The number of rotatable bonds is 4. The Kier molecular flexibility index (Phi) is 4.02. The van der Waals surface area contributed by atoms with Gasteiger partial charge < -0.3 is 0 Å². The average Bonchev–Trinajstić information content (AvgIpc) is 2.02. The Morgan fingerprint density at radius 1 is 1.62 bits per heavy atom. The Balaban J connectivity index is 2.59. The van der Waals surface area contributed by atoms with Crippen molar-refractivity contribution in [2.45, 2.75) is 33.6 Å². The van der Waals surface area contributed by atoms with Crippen LogP contribution in [0.25, 0.3) is 0 Å². The van der Waals surface area contributed by atoms with E-state index >= 15 is 0 Å². The van der Waals surface area contributed by atoms with Gasteiger partial charge in [0, 0.05) is 10.3 Å². The number of alkyl halides is 1. The van der Waals surface area contributed by atoms with Crippen molar-refractivity contribution in [3.63, 3.8) is 0 Å². The highest BCUT2D eigenvalue weighted by Gasteiger charge is 2.30. The molecule has 1 atom stereocenters. The minimum Gasteiger partial charge on any atom is -0.0833 e. The van der Waals surface area contributed by atoms with Crippen LogP contribution in [0.3, 0.4) is 0 Å². The van der Waals surface area contributed by atoms with Gasteiger partial charge in [-0.15, -0.1) is 0 Å². The van der Waals surface area contributed by atoms with E-state index in [1.807, 2.05) is 0 Å². The molecule has 0 spiro atoms. The molecule has 13 heavy (non-hydrogen) atoms. The standard InChI is InChI=1S/C12H19I/c1-4-12(2,3)11-8-7-10(11)6-5-9-13/h5-6,8,10H,4,7,9H2,1-3H3/b6-5+. The van der Waals surface area contributed by atoms with Crippen molar-refractivity contribution in [3.05, 3.63) is 23.8 Å². The first-order chi connectivity index (χ1) is 6.11. The molecule has 0 aromatic rings. The molecule has 0 aromatic heterocycles. The highest BCUT2D eigenvalue weighted by Crippen LogP contribution is 2.43. The number of halogens is 1. The molecule has 74 valence electrons. The van der Waals surface area contributed by atoms with Crippen molar-refractivity contribution in [1.82, 2.24) is 0 Å². The van der Waals surface area contributed by atoms with E-state index in [1.54, 1.807) is 5.57 Å². The fraction of sp³-hybridized carbons (Fsp3) is 0.667. The van der Waals surface area contributed by atoms with Gasteiger partial charge in [-0.3, -0.25) is 0 Å². The molecular formula is C12H19I. The topological polar surface area (TPSA) is 0 Å². The van der Waals surface area contributed by atoms with Crippen LogP contribution in [0.15, 0.2) is 23.8 Å². The van der Waals surface area contributed by atoms with Crippen LogP contribution in [0.1, 0.15) is 33.6 Å². The zero-order valence-electron chi connectivity index (χ0n) is 8.81. The van der Waals surface area contributed by atoms with Crippen LogP contribution in [0.4, 0.5) is 0 Å². The van der Waals surface area contributed by atoms with Crippen LogP contribution in [0, 0.1) is 11.3 Å². The lowest BCUT2D eigenvalue weighted by atomic mass is 9.68. The fourth-order valence-corrected chi connectivity index (χ4v) is 2.05. The highest BCUT2D eigenvalue weighted by molar-refractivity contribution is 14.1. The Hall–Kier alpha value is 0.210. The monoisotopic (exact) mass is 290 g/mol. The molecule has 1 aliphatic carbocycles. The molecule has 1 unspecified atom stereocenters. The SMILES string of the molecule is CCC(C)(C)C1=CCC1/C=C/CI. The second kappa shape index (κ2) is 4.63. The molecular weight excluding hydrogens is 271 g/mol. The lowest BCUT2D eigenvalue weighted by Crippen LogP contribution is -2.24. The summed E-state index contributed by atoms with van der Waals surface area (Å²) < 4.78 is 1.13. The largest absolute Gasteiger partial charge is 0.0833 e. The Bertz CT molecular complexity index is 223. The third kappa shape index (κ3) is 2.58. The molecule has 0 nitrogen and oxygen atoms in total. The quantitative estimate of drug-likeness (QED) is 0.410. The summed E-state index contributed by atoms with van der Waals surface area (Å²) in [5, 5.41) is 0. The number of allylic oxidation sites excluding steroid dienone is 4. The van der Waals surface area contributed by atoms with Crippen LogP contribution in [-0.2, 0) is 0 Å². The van der Waals surface area contributed by atoms with Gasteiger partial charge in [-0.2, -0.15) is 0 Å². The van der Waals surface area contributed by atoms with Crippen LogP contribution in [-0.4, -0.2) is 4.43 Å². The van der Waals surface area contributed by atoms with E-state index in [1.165, 1.54) is 12.8 Å². The first kappa shape index (κ1) is 11.3. The van der Waals surface area contributed by atoms with E-state index in [2.05, 4.69) is 61.6 Å². The average molecular weight is 290 g/mol. The summed E-state index contributed by atoms with van der Waals surface area (Å²) >= 11 is 2.39. The summed E-state index contributed by atoms with van der Waals surface area (Å²) in [5.74, 6) is 0.740. The molecule has 0 N–H and O–H groups in total. The normalized spacial score (nSPS) is 23.1. The summed E-state index contributed by atoms with van der Waals surface area (Å²) in [5.41, 5.74) is 2.06. The van der Waals surface area contributed by atoms with Crippen LogP contribution < -0.4 is 0 Å². The molecule has 0 aromatic carbocycles. The number of hydrogen-bond acceptors (Lipinski definition) is 0. The van der Waals surface area contributed by atoms with Crippen molar-refractivity contribution < 1.29 is 0 Å². The van der Waals surface area contributed by atoms with Crippen molar-refractivity contribution in [3.8, 4) is 0 Å². The van der Waals surface area contributed by atoms with Gasteiger partial charge in [0.25, 0.3) is 0 Å².